The van der Waals surface area contributed by atoms with Gasteiger partial charge in [-0.25, -0.2) is 13.4 Å². The molecule has 2 aromatic carbocycles. The van der Waals surface area contributed by atoms with Crippen LogP contribution in [-0.2, 0) is 10.0 Å². The topological polar surface area (TPSA) is 62.1 Å². The molecule has 1 spiro atoms. The second kappa shape index (κ2) is 8.46. The molecule has 5 nitrogen and oxygen atoms in total. The first-order valence-corrected chi connectivity index (χ1v) is 12.8. The fraction of sp³-hybridized carbons (Fsp3) is 0.364. The van der Waals surface area contributed by atoms with E-state index in [-0.39, 0.29) is 0 Å². The lowest BCUT2D eigenvalue weighted by Crippen LogP contribution is -2.44. The van der Waals surface area contributed by atoms with Crippen molar-refractivity contribution >= 4 is 44.1 Å². The van der Waals surface area contributed by atoms with Gasteiger partial charge in [0.05, 0.1) is 10.6 Å². The summed E-state index contributed by atoms with van der Waals surface area (Å²) in [5.74, 6) is 0.898. The Morgan fingerprint density at radius 3 is 2.27 bits per heavy atom. The van der Waals surface area contributed by atoms with E-state index in [4.69, 9.17) is 21.6 Å². The van der Waals surface area contributed by atoms with Gasteiger partial charge >= 0.3 is 0 Å². The van der Waals surface area contributed by atoms with Crippen molar-refractivity contribution in [1.82, 2.24) is 4.31 Å². The molecule has 2 aliphatic rings. The highest BCUT2D eigenvalue weighted by atomic mass is 35.5. The molecule has 0 radical (unpaired) electrons. The van der Waals surface area contributed by atoms with E-state index >= 15 is 0 Å². The van der Waals surface area contributed by atoms with Gasteiger partial charge in [0.15, 0.2) is 5.66 Å². The minimum absolute atomic E-state index is 0.339. The van der Waals surface area contributed by atoms with E-state index in [1.165, 1.54) is 0 Å². The monoisotopic (exact) mass is 461 g/mol. The third-order valence-corrected chi connectivity index (χ3v) is 8.42. The maximum absolute atomic E-state index is 13.0. The molecule has 0 N–H and O–H groups in total. The summed E-state index contributed by atoms with van der Waals surface area (Å²) in [5.41, 5.74) is 2.34. The Morgan fingerprint density at radius 2 is 1.67 bits per heavy atom. The SMILES string of the molecule is CCSC1=NC2(CCN(S(=O)(=O)c3ccc(C)cc3)CC2)N=C1c1ccc(Cl)cc1. The molecule has 2 heterocycles. The fourth-order valence-corrected chi connectivity index (χ4v) is 6.10. The zero-order valence-electron chi connectivity index (χ0n) is 17.0. The minimum Gasteiger partial charge on any atom is -0.252 e. The molecule has 0 saturated carbocycles. The summed E-state index contributed by atoms with van der Waals surface area (Å²) in [6.07, 6.45) is 1.14. The van der Waals surface area contributed by atoms with Crippen molar-refractivity contribution in [1.29, 1.82) is 0 Å². The lowest BCUT2D eigenvalue weighted by Gasteiger charge is -2.34. The Bertz CT molecular complexity index is 1090. The van der Waals surface area contributed by atoms with E-state index in [1.807, 2.05) is 43.3 Å². The van der Waals surface area contributed by atoms with Gasteiger partial charge in [-0.15, -0.1) is 11.8 Å². The van der Waals surface area contributed by atoms with E-state index in [2.05, 4.69) is 6.92 Å². The summed E-state index contributed by atoms with van der Waals surface area (Å²) in [6, 6.07) is 14.6. The van der Waals surface area contributed by atoms with Crippen molar-refractivity contribution in [3.05, 3.63) is 64.7 Å². The van der Waals surface area contributed by atoms with Crippen molar-refractivity contribution in [3.8, 4) is 0 Å². The summed E-state index contributed by atoms with van der Waals surface area (Å²) in [4.78, 5) is 10.3. The largest absolute Gasteiger partial charge is 0.252 e. The Kier molecular flexibility index (Phi) is 6.08. The molecule has 158 valence electrons. The number of sulfonamides is 1. The molecule has 0 atom stereocenters. The molecular weight excluding hydrogens is 438 g/mol. The number of hydrogen-bond acceptors (Lipinski definition) is 5. The van der Waals surface area contributed by atoms with Crippen LogP contribution in [0.5, 0.6) is 0 Å². The van der Waals surface area contributed by atoms with E-state index in [9.17, 15) is 8.42 Å². The van der Waals surface area contributed by atoms with Gasteiger partial charge in [-0.2, -0.15) is 4.31 Å². The molecule has 0 unspecified atom stereocenters. The Hall–Kier alpha value is -1.67. The van der Waals surface area contributed by atoms with Crippen molar-refractivity contribution in [3.63, 3.8) is 0 Å². The Labute approximate surface area is 187 Å². The van der Waals surface area contributed by atoms with Crippen molar-refractivity contribution in [2.75, 3.05) is 18.8 Å². The van der Waals surface area contributed by atoms with Gasteiger partial charge in [0.2, 0.25) is 10.0 Å². The van der Waals surface area contributed by atoms with E-state index in [0.29, 0.717) is 35.8 Å². The van der Waals surface area contributed by atoms with Gasteiger partial charge in [0, 0.05) is 36.5 Å². The van der Waals surface area contributed by atoms with Crippen LogP contribution in [0.25, 0.3) is 0 Å². The van der Waals surface area contributed by atoms with Crippen LogP contribution >= 0.6 is 23.4 Å². The molecule has 2 aromatic rings. The van der Waals surface area contributed by atoms with Crippen LogP contribution in [0, 0.1) is 6.92 Å². The molecule has 30 heavy (non-hydrogen) atoms. The van der Waals surface area contributed by atoms with Gasteiger partial charge in [-0.3, -0.25) is 4.99 Å². The highest BCUT2D eigenvalue weighted by Crippen LogP contribution is 2.37. The van der Waals surface area contributed by atoms with Gasteiger partial charge in [-0.1, -0.05) is 48.4 Å². The molecule has 8 heteroatoms. The zero-order valence-corrected chi connectivity index (χ0v) is 19.4. The number of benzene rings is 2. The lowest BCUT2D eigenvalue weighted by molar-refractivity contribution is 0.249. The van der Waals surface area contributed by atoms with Crippen LogP contribution in [0.1, 0.15) is 30.9 Å². The third-order valence-electron chi connectivity index (χ3n) is 5.41. The van der Waals surface area contributed by atoms with Crippen LogP contribution in [-0.4, -0.2) is 48.0 Å². The Balaban J connectivity index is 1.57. The van der Waals surface area contributed by atoms with Gasteiger partial charge in [0.25, 0.3) is 0 Å². The van der Waals surface area contributed by atoms with Crippen molar-refractivity contribution < 1.29 is 8.42 Å². The molecule has 1 fully saturated rings. The van der Waals surface area contributed by atoms with Crippen LogP contribution < -0.4 is 0 Å². The maximum Gasteiger partial charge on any atom is 0.243 e. The minimum atomic E-state index is -3.50. The van der Waals surface area contributed by atoms with E-state index in [0.717, 1.165) is 27.6 Å². The molecule has 0 amide bonds. The number of hydrogen-bond donors (Lipinski definition) is 0. The van der Waals surface area contributed by atoms with Gasteiger partial charge < -0.3 is 0 Å². The number of piperidine rings is 1. The predicted molar refractivity (Wildman–Crippen MR) is 125 cm³/mol. The maximum atomic E-state index is 13.0. The van der Waals surface area contributed by atoms with Crippen LogP contribution in [0.3, 0.4) is 0 Å². The summed E-state index contributed by atoms with van der Waals surface area (Å²) in [5, 5.41) is 1.61. The zero-order chi connectivity index (χ0) is 21.4. The summed E-state index contributed by atoms with van der Waals surface area (Å²) < 4.78 is 27.6. The highest BCUT2D eigenvalue weighted by Gasteiger charge is 2.42. The number of thioether (sulfide) groups is 1. The number of aryl methyl sites for hydroxylation is 1. The van der Waals surface area contributed by atoms with Crippen LogP contribution in [0.4, 0.5) is 0 Å². The van der Waals surface area contributed by atoms with Crippen molar-refractivity contribution in [2.45, 2.75) is 37.2 Å². The number of halogens is 1. The summed E-state index contributed by atoms with van der Waals surface area (Å²) in [7, 11) is -3.50. The average molecular weight is 462 g/mol. The second-order valence-electron chi connectivity index (χ2n) is 7.52. The third kappa shape index (κ3) is 4.21. The predicted octanol–water partition coefficient (Wildman–Crippen LogP) is 4.78. The molecule has 1 saturated heterocycles. The van der Waals surface area contributed by atoms with Gasteiger partial charge in [-0.05, 0) is 36.9 Å². The normalized spacial score (nSPS) is 19.0. The number of aliphatic imine (C=N–C) groups is 2. The molecule has 0 aliphatic carbocycles. The van der Waals surface area contributed by atoms with Crippen LogP contribution in [0.2, 0.25) is 5.02 Å². The highest BCUT2D eigenvalue weighted by molar-refractivity contribution is 8.15. The Morgan fingerprint density at radius 1 is 1.03 bits per heavy atom. The van der Waals surface area contributed by atoms with Crippen LogP contribution in [0.15, 0.2) is 63.4 Å². The second-order valence-corrected chi connectivity index (χ2v) is 11.1. The first kappa shape index (κ1) is 21.6. The van der Waals surface area contributed by atoms with Gasteiger partial charge in [0.1, 0.15) is 5.04 Å². The number of rotatable bonds is 4. The van der Waals surface area contributed by atoms with E-state index in [1.54, 1.807) is 28.2 Å². The van der Waals surface area contributed by atoms with Crippen molar-refractivity contribution in [2.24, 2.45) is 9.98 Å². The quantitative estimate of drug-likeness (QED) is 0.658. The van der Waals surface area contributed by atoms with E-state index < -0.39 is 15.7 Å². The fourth-order valence-electron chi connectivity index (χ4n) is 3.72. The molecular formula is C22H24ClN3O2S2. The first-order valence-electron chi connectivity index (χ1n) is 9.99. The smallest absolute Gasteiger partial charge is 0.243 e. The average Bonchev–Trinajstić information content (AvgIpc) is 3.07. The molecule has 2 aliphatic heterocycles. The summed E-state index contributed by atoms with van der Waals surface area (Å²) in [6.45, 7) is 4.85. The lowest BCUT2D eigenvalue weighted by atomic mass is 10.00. The standard InChI is InChI=1S/C22H24ClN3O2S2/c1-3-29-21-20(17-6-8-18(23)9-7-17)24-22(25-21)12-14-26(15-13-22)30(27,28)19-10-4-16(2)5-11-19/h4-11H,3,12-15H2,1-2H3. The molecule has 0 bridgehead atoms. The first-order chi connectivity index (χ1) is 14.3. The molecule has 0 aromatic heterocycles. The molecule has 4 rings (SSSR count). The number of nitrogens with zero attached hydrogens (tertiary/aromatic N) is 3. The summed E-state index contributed by atoms with van der Waals surface area (Å²) >= 11 is 7.71.